The molecule has 30 heavy (non-hydrogen) atoms. The summed E-state index contributed by atoms with van der Waals surface area (Å²) in [5.41, 5.74) is 0.775. The van der Waals surface area contributed by atoms with E-state index < -0.39 is 11.7 Å². The average molecular weight is 424 g/mol. The summed E-state index contributed by atoms with van der Waals surface area (Å²) < 4.78 is 24.3. The molecule has 0 atom stereocenters. The molecule has 0 saturated heterocycles. The van der Waals surface area contributed by atoms with Gasteiger partial charge in [0.05, 0.1) is 18.1 Å². The van der Waals surface area contributed by atoms with Crippen LogP contribution in [0.15, 0.2) is 75.9 Å². The highest BCUT2D eigenvalue weighted by Gasteiger charge is 2.20. The van der Waals surface area contributed by atoms with Crippen molar-refractivity contribution in [1.82, 2.24) is 0 Å². The molecule has 0 spiro atoms. The Bertz CT molecular complexity index is 1320. The van der Waals surface area contributed by atoms with E-state index in [1.807, 2.05) is 0 Å². The summed E-state index contributed by atoms with van der Waals surface area (Å²) in [7, 11) is 1.51. The molecule has 0 unspecified atom stereocenters. The van der Waals surface area contributed by atoms with Gasteiger partial charge in [-0.2, -0.15) is 0 Å². The first-order chi connectivity index (χ1) is 14.5. The molecule has 150 valence electrons. The Morgan fingerprint density at radius 1 is 1.07 bits per heavy atom. The van der Waals surface area contributed by atoms with E-state index in [1.165, 1.54) is 37.4 Å². The van der Waals surface area contributed by atoms with Gasteiger partial charge in [-0.05, 0) is 60.2 Å². The number of anilines is 1. The van der Waals surface area contributed by atoms with E-state index in [2.05, 4.69) is 5.32 Å². The van der Waals surface area contributed by atoms with Crippen LogP contribution in [0.25, 0.3) is 22.1 Å². The molecular weight excluding hydrogens is 409 g/mol. The summed E-state index contributed by atoms with van der Waals surface area (Å²) in [5, 5.41) is 3.29. The molecule has 0 bridgehead atoms. The lowest BCUT2D eigenvalue weighted by atomic mass is 10.0. The van der Waals surface area contributed by atoms with Crippen LogP contribution >= 0.6 is 11.6 Å². The summed E-state index contributed by atoms with van der Waals surface area (Å²) >= 11 is 6.05. The molecule has 1 aromatic heterocycles. The summed E-state index contributed by atoms with van der Waals surface area (Å²) in [6.45, 7) is 0. The van der Waals surface area contributed by atoms with E-state index in [0.717, 1.165) is 0 Å². The van der Waals surface area contributed by atoms with E-state index in [0.29, 0.717) is 16.3 Å². The van der Waals surface area contributed by atoms with Crippen LogP contribution in [-0.2, 0) is 0 Å². The molecule has 1 N–H and O–H groups in total. The van der Waals surface area contributed by atoms with Crippen LogP contribution in [0, 0.1) is 5.82 Å². The fourth-order valence-electron chi connectivity index (χ4n) is 3.07. The zero-order valence-electron chi connectivity index (χ0n) is 15.7. The first-order valence-electron chi connectivity index (χ1n) is 8.94. The second-order valence-electron chi connectivity index (χ2n) is 6.47. The molecule has 0 aliphatic rings. The monoisotopic (exact) mass is 423 g/mol. The number of carbonyl (C=O) groups is 1. The van der Waals surface area contributed by atoms with Crippen LogP contribution in [0.1, 0.15) is 10.4 Å². The second kappa shape index (κ2) is 8.00. The van der Waals surface area contributed by atoms with Gasteiger partial charge < -0.3 is 9.15 Å². The average Bonchev–Trinajstić information content (AvgIpc) is 2.75. The minimum absolute atomic E-state index is 0.0302. The number of amides is 1. The Kier molecular flexibility index (Phi) is 5.25. The van der Waals surface area contributed by atoms with Crippen molar-refractivity contribution < 1.29 is 18.3 Å². The van der Waals surface area contributed by atoms with Gasteiger partial charge in [-0.15, -0.1) is 0 Å². The van der Waals surface area contributed by atoms with Crippen molar-refractivity contribution in [2.75, 3.05) is 12.4 Å². The van der Waals surface area contributed by atoms with Crippen LogP contribution in [0.2, 0.25) is 5.02 Å². The Hall–Kier alpha value is -3.64. The maximum atomic E-state index is 13.3. The van der Waals surface area contributed by atoms with Crippen LogP contribution in [0.5, 0.6) is 5.75 Å². The molecule has 4 rings (SSSR count). The predicted octanol–water partition coefficient (Wildman–Crippen LogP) is 5.51. The Labute approximate surface area is 175 Å². The lowest BCUT2D eigenvalue weighted by Crippen LogP contribution is -2.16. The van der Waals surface area contributed by atoms with Crippen molar-refractivity contribution in [3.05, 3.63) is 93.4 Å². The molecule has 0 saturated carbocycles. The van der Waals surface area contributed by atoms with Crippen LogP contribution < -0.4 is 15.5 Å². The summed E-state index contributed by atoms with van der Waals surface area (Å²) in [5.74, 6) is -0.500. The Balaban J connectivity index is 1.90. The van der Waals surface area contributed by atoms with Crippen molar-refractivity contribution in [2.24, 2.45) is 0 Å². The van der Waals surface area contributed by atoms with Gasteiger partial charge in [-0.3, -0.25) is 14.9 Å². The first-order valence-corrected chi connectivity index (χ1v) is 9.32. The number of hydrogen-bond donors (Lipinski definition) is 1. The third kappa shape index (κ3) is 3.77. The Morgan fingerprint density at radius 3 is 2.57 bits per heavy atom. The lowest BCUT2D eigenvalue weighted by Gasteiger charge is -2.12. The van der Waals surface area contributed by atoms with Gasteiger partial charge >= 0.3 is 0 Å². The molecule has 4 aromatic rings. The molecule has 1 amide bonds. The molecule has 5 nitrogen and oxygen atoms in total. The standard InChI is InChI=1S/C23H15ClFNO4/c1-29-17-4-2-3-14(11-17)20-21(27)18-12-15(24)7-10-19(18)30-23(20)26-22(28)13-5-8-16(25)9-6-13/h2-12H,1H3,(H,26,28). The summed E-state index contributed by atoms with van der Waals surface area (Å²) in [6, 6.07) is 16.5. The number of carbonyl (C=O) groups excluding carboxylic acids is 1. The molecule has 0 aliphatic heterocycles. The number of benzene rings is 3. The first kappa shape index (κ1) is 19.7. The van der Waals surface area contributed by atoms with Gasteiger partial charge in [-0.1, -0.05) is 23.7 Å². The van der Waals surface area contributed by atoms with Crippen molar-refractivity contribution >= 4 is 34.4 Å². The van der Waals surface area contributed by atoms with Crippen LogP contribution in [0.3, 0.4) is 0 Å². The van der Waals surface area contributed by atoms with Gasteiger partial charge in [0, 0.05) is 10.6 Å². The van der Waals surface area contributed by atoms with E-state index in [-0.39, 0.29) is 33.4 Å². The van der Waals surface area contributed by atoms with Crippen LogP contribution in [-0.4, -0.2) is 13.0 Å². The normalized spacial score (nSPS) is 10.8. The van der Waals surface area contributed by atoms with E-state index in [1.54, 1.807) is 36.4 Å². The zero-order chi connectivity index (χ0) is 21.3. The number of fused-ring (bicyclic) bond motifs is 1. The van der Waals surface area contributed by atoms with Crippen molar-refractivity contribution in [3.8, 4) is 16.9 Å². The molecule has 7 heteroatoms. The number of rotatable bonds is 4. The minimum atomic E-state index is -0.546. The fraction of sp³-hybridized carbons (Fsp3) is 0.0435. The maximum Gasteiger partial charge on any atom is 0.257 e. The van der Waals surface area contributed by atoms with Gasteiger partial charge in [0.25, 0.3) is 5.91 Å². The van der Waals surface area contributed by atoms with Gasteiger partial charge in [-0.25, -0.2) is 4.39 Å². The van der Waals surface area contributed by atoms with Crippen molar-refractivity contribution in [1.29, 1.82) is 0 Å². The zero-order valence-corrected chi connectivity index (χ0v) is 16.5. The molecule has 3 aromatic carbocycles. The highest BCUT2D eigenvalue weighted by atomic mass is 35.5. The predicted molar refractivity (Wildman–Crippen MR) is 114 cm³/mol. The number of hydrogen-bond acceptors (Lipinski definition) is 4. The largest absolute Gasteiger partial charge is 0.497 e. The molecule has 0 aliphatic carbocycles. The molecule has 1 heterocycles. The van der Waals surface area contributed by atoms with Gasteiger partial charge in [0.1, 0.15) is 17.1 Å². The van der Waals surface area contributed by atoms with E-state index >= 15 is 0 Å². The summed E-state index contributed by atoms with van der Waals surface area (Å²) in [4.78, 5) is 26.0. The third-order valence-electron chi connectivity index (χ3n) is 4.54. The topological polar surface area (TPSA) is 68.5 Å². The number of halogens is 2. The number of nitrogens with one attached hydrogen (secondary N) is 1. The highest BCUT2D eigenvalue weighted by molar-refractivity contribution is 6.31. The molecular formula is C23H15ClFNO4. The van der Waals surface area contributed by atoms with Crippen molar-refractivity contribution in [2.45, 2.75) is 0 Å². The smallest absolute Gasteiger partial charge is 0.257 e. The lowest BCUT2D eigenvalue weighted by molar-refractivity contribution is 0.102. The third-order valence-corrected chi connectivity index (χ3v) is 4.78. The van der Waals surface area contributed by atoms with Crippen molar-refractivity contribution in [3.63, 3.8) is 0 Å². The molecule has 0 fully saturated rings. The summed E-state index contributed by atoms with van der Waals surface area (Å²) in [6.07, 6.45) is 0. The van der Waals surface area contributed by atoms with E-state index in [4.69, 9.17) is 20.8 Å². The second-order valence-corrected chi connectivity index (χ2v) is 6.91. The highest BCUT2D eigenvalue weighted by Crippen LogP contribution is 2.31. The SMILES string of the molecule is COc1cccc(-c2c(NC(=O)c3ccc(F)cc3)oc3ccc(Cl)cc3c2=O)c1. The van der Waals surface area contributed by atoms with Crippen LogP contribution in [0.4, 0.5) is 10.3 Å². The Morgan fingerprint density at radius 2 is 1.83 bits per heavy atom. The molecule has 0 radical (unpaired) electrons. The van der Waals surface area contributed by atoms with Gasteiger partial charge in [0.15, 0.2) is 0 Å². The fourth-order valence-corrected chi connectivity index (χ4v) is 3.24. The van der Waals surface area contributed by atoms with Gasteiger partial charge in [0.2, 0.25) is 11.3 Å². The minimum Gasteiger partial charge on any atom is -0.497 e. The quantitative estimate of drug-likeness (QED) is 0.469. The number of ether oxygens (including phenoxy) is 1. The maximum absolute atomic E-state index is 13.3. The van der Waals surface area contributed by atoms with E-state index in [9.17, 15) is 14.0 Å². The number of methoxy groups -OCH3 is 1.